The van der Waals surface area contributed by atoms with Crippen LogP contribution in [-0.4, -0.2) is 85.5 Å². The van der Waals surface area contributed by atoms with E-state index in [0.29, 0.717) is 61.9 Å². The van der Waals surface area contributed by atoms with Gasteiger partial charge < -0.3 is 19.7 Å². The Hall–Kier alpha value is -2.64. The molecule has 8 rings (SSSR count). The molecule has 0 spiro atoms. The minimum atomic E-state index is -4.56. The lowest BCUT2D eigenvalue weighted by Crippen LogP contribution is -2.68. The monoisotopic (exact) mass is 901 g/mol. The summed E-state index contributed by atoms with van der Waals surface area (Å²) in [6.45, 7) is 24.7. The molecule has 0 radical (unpaired) electrons. The Bertz CT molecular complexity index is 2120. The van der Waals surface area contributed by atoms with Gasteiger partial charge in [-0.3, -0.25) is 9.48 Å². The lowest BCUT2D eigenvalue weighted by molar-refractivity contribution is -0.221. The number of nitrogens with one attached hydrogen (secondary N) is 1. The molecule has 1 aromatic rings. The van der Waals surface area contributed by atoms with Gasteiger partial charge in [-0.15, -0.1) is 5.10 Å². The zero-order valence-electron chi connectivity index (χ0n) is 39.4. The number of aromatic nitrogens is 2. The molecule has 63 heavy (non-hydrogen) atoms. The summed E-state index contributed by atoms with van der Waals surface area (Å²) in [6.07, 6.45) is 12.4. The van der Waals surface area contributed by atoms with Crippen molar-refractivity contribution in [2.75, 3.05) is 50.9 Å². The first kappa shape index (κ1) is 46.9. The second-order valence-electron chi connectivity index (χ2n) is 22.5. The summed E-state index contributed by atoms with van der Waals surface area (Å²) in [6, 6.07) is 0.891. The van der Waals surface area contributed by atoms with Crippen molar-refractivity contribution < 1.29 is 35.9 Å². The van der Waals surface area contributed by atoms with E-state index in [0.717, 1.165) is 30.3 Å². The predicted octanol–water partition coefficient (Wildman–Crippen LogP) is 9.74. The Balaban J connectivity index is 1.01. The van der Waals surface area contributed by atoms with Crippen molar-refractivity contribution in [1.82, 2.24) is 20.0 Å². The van der Waals surface area contributed by atoms with E-state index in [9.17, 15) is 26.4 Å². The Morgan fingerprint density at radius 3 is 2.32 bits per heavy atom. The van der Waals surface area contributed by atoms with Crippen LogP contribution in [0.4, 0.5) is 13.2 Å². The Morgan fingerprint density at radius 2 is 1.68 bits per heavy atom. The van der Waals surface area contributed by atoms with Crippen molar-refractivity contribution >= 4 is 15.8 Å². The summed E-state index contributed by atoms with van der Waals surface area (Å²) in [4.78, 5) is 15.9. The number of hydrogen-bond donors (Lipinski definition) is 1. The molecule has 0 bridgehead atoms. The summed E-state index contributed by atoms with van der Waals surface area (Å²) in [7, 11) is -1.66. The number of halogens is 3. The van der Waals surface area contributed by atoms with E-state index < -0.39 is 27.1 Å². The standard InChI is InChI=1S/C50H75F3N4O5S/c1-10-61-43(58)48(32-62-41-31-40(50(51,52)53)56(9)55-41)20-13-34(14-21-48)36-16-18-45(6)38(44(36,4)5)17-19-47(8)39(45)12-11-37-42-35(33(2)3)15-22-49(42,24-23-46(37,47)7)54-25-26-57-27-29-63(59,60)30-28-57/h13,16,31,35,37-39,42,54H,2,10-12,14-15,17-30,32H2,1,3-9H3/t35-,37+,38?,39?,42?,45-,46+,47+,48?,49-/m0/s1. The zero-order chi connectivity index (χ0) is 45.6. The van der Waals surface area contributed by atoms with Gasteiger partial charge in [-0.2, -0.15) is 13.2 Å². The van der Waals surface area contributed by atoms with Gasteiger partial charge in [0.05, 0.1) is 18.1 Å². The maximum atomic E-state index is 13.6. The van der Waals surface area contributed by atoms with Crippen LogP contribution in [0.1, 0.15) is 131 Å². The highest BCUT2D eigenvalue weighted by molar-refractivity contribution is 7.91. The molecule has 1 aliphatic heterocycles. The van der Waals surface area contributed by atoms with E-state index in [-0.39, 0.29) is 63.8 Å². The molecule has 4 saturated carbocycles. The largest absolute Gasteiger partial charge is 0.475 e. The molecule has 0 amide bonds. The minimum Gasteiger partial charge on any atom is -0.475 e. The zero-order valence-corrected chi connectivity index (χ0v) is 40.2. The molecule has 1 saturated heterocycles. The number of alkyl halides is 3. The predicted molar refractivity (Wildman–Crippen MR) is 241 cm³/mol. The summed E-state index contributed by atoms with van der Waals surface area (Å²) >= 11 is 0. The van der Waals surface area contributed by atoms with Gasteiger partial charge in [-0.1, -0.05) is 58.9 Å². The quantitative estimate of drug-likeness (QED) is 0.173. The highest BCUT2D eigenvalue weighted by Crippen LogP contribution is 2.76. The summed E-state index contributed by atoms with van der Waals surface area (Å²) in [5, 5.41) is 8.15. The third kappa shape index (κ3) is 7.79. The van der Waals surface area contributed by atoms with Gasteiger partial charge >= 0.3 is 12.1 Å². The summed E-state index contributed by atoms with van der Waals surface area (Å²) < 4.78 is 77.0. The fraction of sp³-hybridized carbons (Fsp3) is 0.800. The van der Waals surface area contributed by atoms with E-state index >= 15 is 0 Å². The fourth-order valence-corrected chi connectivity index (χ4v) is 17.1. The number of rotatable bonds is 11. The van der Waals surface area contributed by atoms with Crippen LogP contribution in [-0.2, 0) is 32.6 Å². The highest BCUT2D eigenvalue weighted by Gasteiger charge is 2.70. The summed E-state index contributed by atoms with van der Waals surface area (Å²) in [5.74, 6) is 2.80. The van der Waals surface area contributed by atoms with Gasteiger partial charge in [0.2, 0.25) is 5.88 Å². The molecule has 9 nitrogen and oxygen atoms in total. The third-order valence-electron chi connectivity index (χ3n) is 19.3. The van der Waals surface area contributed by atoms with Gasteiger partial charge in [-0.25, -0.2) is 8.42 Å². The van der Waals surface area contributed by atoms with E-state index in [1.165, 1.54) is 75.1 Å². The van der Waals surface area contributed by atoms with Crippen LogP contribution < -0.4 is 10.1 Å². The van der Waals surface area contributed by atoms with Crippen LogP contribution in [0.5, 0.6) is 5.88 Å². The lowest BCUT2D eigenvalue weighted by atomic mass is 9.33. The van der Waals surface area contributed by atoms with E-state index in [1.54, 1.807) is 6.92 Å². The van der Waals surface area contributed by atoms with Crippen LogP contribution in [0.3, 0.4) is 0 Å². The number of nitrogens with zero attached hydrogens (tertiary/aromatic N) is 3. The Labute approximate surface area is 375 Å². The normalized spacial score (nSPS) is 39.8. The topological polar surface area (TPSA) is 103 Å². The maximum absolute atomic E-state index is 13.6. The number of fused-ring (bicyclic) bond motifs is 7. The molecule has 7 aliphatic rings. The van der Waals surface area contributed by atoms with Crippen LogP contribution in [0.25, 0.3) is 0 Å². The highest BCUT2D eigenvalue weighted by atomic mass is 32.2. The molecule has 2 heterocycles. The maximum Gasteiger partial charge on any atom is 0.433 e. The van der Waals surface area contributed by atoms with Crippen molar-refractivity contribution in [3.05, 3.63) is 47.2 Å². The van der Waals surface area contributed by atoms with Crippen molar-refractivity contribution in [3.63, 3.8) is 0 Å². The van der Waals surface area contributed by atoms with Gasteiger partial charge in [-0.05, 0) is 153 Å². The minimum absolute atomic E-state index is 0.0824. The van der Waals surface area contributed by atoms with Crippen molar-refractivity contribution in [3.8, 4) is 5.88 Å². The number of carbonyl (C=O) groups is 1. The molecule has 1 N–H and O–H groups in total. The first-order chi connectivity index (χ1) is 29.5. The average molecular weight is 901 g/mol. The molecular formula is C50H75F3N4O5S. The number of aryl methyl sites for hydroxylation is 1. The number of hydrogen-bond acceptors (Lipinski definition) is 8. The molecule has 6 aliphatic carbocycles. The van der Waals surface area contributed by atoms with Crippen LogP contribution in [0, 0.1) is 56.7 Å². The Kier molecular flexibility index (Phi) is 12.1. The van der Waals surface area contributed by atoms with Gasteiger partial charge in [0, 0.05) is 44.8 Å². The molecule has 1 aromatic heterocycles. The van der Waals surface area contributed by atoms with Crippen molar-refractivity contribution in [1.29, 1.82) is 0 Å². The molecule has 5 fully saturated rings. The Morgan fingerprint density at radius 1 is 0.952 bits per heavy atom. The van der Waals surface area contributed by atoms with E-state index in [1.807, 2.05) is 0 Å². The lowest BCUT2D eigenvalue weighted by Gasteiger charge is -2.72. The second kappa shape index (κ2) is 16.3. The molecule has 13 heteroatoms. The van der Waals surface area contributed by atoms with Gasteiger partial charge in [0.1, 0.15) is 17.7 Å². The van der Waals surface area contributed by atoms with E-state index in [4.69, 9.17) is 9.47 Å². The first-order valence-electron chi connectivity index (χ1n) is 24.1. The number of allylic oxidation sites excluding steroid dienone is 5. The van der Waals surface area contributed by atoms with E-state index in [2.05, 4.69) is 75.6 Å². The van der Waals surface area contributed by atoms with Crippen LogP contribution in [0.2, 0.25) is 0 Å². The number of esters is 1. The first-order valence-corrected chi connectivity index (χ1v) is 25.9. The van der Waals surface area contributed by atoms with Gasteiger partial charge in [0.25, 0.3) is 0 Å². The molecule has 10 atom stereocenters. The van der Waals surface area contributed by atoms with Crippen LogP contribution in [0.15, 0.2) is 41.5 Å². The summed E-state index contributed by atoms with van der Waals surface area (Å²) in [5.41, 5.74) is 2.65. The SMILES string of the molecule is C=C(C)[C@@H]1CC[C@]2(NCCN3CCS(=O)(=O)CC3)CC[C@]3(C)[C@H](CCC4[C@@]5(C)CC=C(C6=CCC(COc7cc(C(F)(F)F)n(C)n7)(C(=O)OCC)CC6)C(C)(C)C5CC[C@]43C)C12. The molecular weight excluding hydrogens is 826 g/mol. The smallest absolute Gasteiger partial charge is 0.433 e. The fourth-order valence-electron chi connectivity index (χ4n) is 15.8. The third-order valence-corrected chi connectivity index (χ3v) is 20.9. The van der Waals surface area contributed by atoms with Crippen molar-refractivity contribution in [2.45, 2.75) is 137 Å². The molecule has 4 unspecified atom stereocenters. The van der Waals surface area contributed by atoms with Crippen LogP contribution >= 0.6 is 0 Å². The molecule has 352 valence electrons. The number of carbonyl (C=O) groups excluding carboxylic acids is 1. The average Bonchev–Trinajstić information content (AvgIpc) is 3.79. The van der Waals surface area contributed by atoms with Crippen molar-refractivity contribution in [2.24, 2.45) is 63.7 Å². The number of ether oxygens (including phenoxy) is 2. The second-order valence-corrected chi connectivity index (χ2v) is 24.8. The van der Waals surface area contributed by atoms with Gasteiger partial charge in [0.15, 0.2) is 9.84 Å². The molecule has 0 aromatic carbocycles. The number of sulfone groups is 1.